The minimum atomic E-state index is 0.396. The van der Waals surface area contributed by atoms with E-state index in [1.165, 1.54) is 0 Å². The zero-order chi connectivity index (χ0) is 6.53. The lowest BCUT2D eigenvalue weighted by Gasteiger charge is -1.98. The topological polar surface area (TPSA) is 31.0 Å². The highest BCUT2D eigenvalue weighted by Crippen LogP contribution is 2.12. The summed E-state index contributed by atoms with van der Waals surface area (Å²) in [5.74, 6) is 0. The molecule has 0 amide bonds. The molecule has 1 atom stereocenters. The zero-order valence-corrected chi connectivity index (χ0v) is 5.63. The minimum Gasteiger partial charge on any atom is -0.373 e. The molecule has 1 saturated heterocycles. The van der Waals surface area contributed by atoms with E-state index in [1.807, 2.05) is 0 Å². The fourth-order valence-corrected chi connectivity index (χ4v) is 0.592. The van der Waals surface area contributed by atoms with Crippen LogP contribution in [0.15, 0.2) is 0 Å². The summed E-state index contributed by atoms with van der Waals surface area (Å²) in [6, 6.07) is 0. The van der Waals surface area contributed by atoms with Crippen LogP contribution in [0, 0.1) is 0 Å². The summed E-state index contributed by atoms with van der Waals surface area (Å²) in [6.07, 6.45) is 1.48. The van der Waals surface area contributed by atoms with Crippen LogP contribution in [0.2, 0.25) is 0 Å². The molecule has 1 aliphatic rings. The van der Waals surface area contributed by atoms with Crippen LogP contribution in [0.3, 0.4) is 0 Å². The van der Waals surface area contributed by atoms with Crippen molar-refractivity contribution in [3.8, 4) is 0 Å². The summed E-state index contributed by atoms with van der Waals surface area (Å²) in [5.41, 5.74) is 0. The zero-order valence-electron chi connectivity index (χ0n) is 5.63. The summed E-state index contributed by atoms with van der Waals surface area (Å²) >= 11 is 0. The molecule has 3 nitrogen and oxygen atoms in total. The Labute approximate surface area is 54.9 Å². The van der Waals surface area contributed by atoms with Crippen LogP contribution in [0.4, 0.5) is 0 Å². The third-order valence-corrected chi connectivity index (χ3v) is 1.19. The van der Waals surface area contributed by atoms with Crippen molar-refractivity contribution in [1.29, 1.82) is 0 Å². The van der Waals surface area contributed by atoms with Crippen molar-refractivity contribution in [2.45, 2.75) is 12.5 Å². The minimum absolute atomic E-state index is 0.396. The van der Waals surface area contributed by atoms with Crippen LogP contribution in [0.25, 0.3) is 0 Å². The highest BCUT2D eigenvalue weighted by molar-refractivity contribution is 4.67. The summed E-state index contributed by atoms with van der Waals surface area (Å²) in [6.45, 7) is 2.06. The Kier molecular flexibility index (Phi) is 2.97. The van der Waals surface area contributed by atoms with Gasteiger partial charge in [0.15, 0.2) is 0 Å². The smallest absolute Gasteiger partial charge is 0.146 e. The fourth-order valence-electron chi connectivity index (χ4n) is 0.592. The molecule has 9 heavy (non-hydrogen) atoms. The van der Waals surface area contributed by atoms with Gasteiger partial charge in [-0.2, -0.15) is 0 Å². The molecule has 0 saturated carbocycles. The molecule has 0 spiro atoms. The molecular weight excluding hydrogens is 120 g/mol. The highest BCUT2D eigenvalue weighted by Gasteiger charge is 2.21. The largest absolute Gasteiger partial charge is 0.373 e. The van der Waals surface area contributed by atoms with Crippen molar-refractivity contribution in [2.24, 2.45) is 0 Å². The lowest BCUT2D eigenvalue weighted by molar-refractivity contribution is -0.0324. The average Bonchev–Trinajstić information content (AvgIpc) is 2.63. The summed E-state index contributed by atoms with van der Waals surface area (Å²) in [4.78, 5) is 0. The molecule has 1 fully saturated rings. The third-order valence-electron chi connectivity index (χ3n) is 1.19. The molecular formula is C6H12O3. The Morgan fingerprint density at radius 2 is 2.44 bits per heavy atom. The van der Waals surface area contributed by atoms with Gasteiger partial charge in [0, 0.05) is 7.11 Å². The first-order chi connectivity index (χ1) is 4.43. The lowest BCUT2D eigenvalue weighted by atomic mass is 10.4. The van der Waals surface area contributed by atoms with E-state index >= 15 is 0 Å². The molecule has 0 aromatic carbocycles. The Balaban J connectivity index is 1.71. The van der Waals surface area contributed by atoms with E-state index in [0.29, 0.717) is 12.9 Å². The summed E-state index contributed by atoms with van der Waals surface area (Å²) in [5, 5.41) is 0. The van der Waals surface area contributed by atoms with Gasteiger partial charge in [-0.3, -0.25) is 0 Å². The third kappa shape index (κ3) is 3.46. The quantitative estimate of drug-likeness (QED) is 0.308. The van der Waals surface area contributed by atoms with E-state index in [0.717, 1.165) is 19.6 Å². The van der Waals surface area contributed by atoms with E-state index in [4.69, 9.17) is 9.47 Å². The van der Waals surface area contributed by atoms with Crippen molar-refractivity contribution >= 4 is 0 Å². The van der Waals surface area contributed by atoms with Gasteiger partial charge < -0.3 is 14.2 Å². The maximum atomic E-state index is 5.03. The number of rotatable bonds is 5. The summed E-state index contributed by atoms with van der Waals surface area (Å²) < 4.78 is 14.7. The predicted molar refractivity (Wildman–Crippen MR) is 32.2 cm³/mol. The number of methoxy groups -OCH3 is 1. The molecule has 0 bridgehead atoms. The van der Waals surface area contributed by atoms with Crippen molar-refractivity contribution in [3.05, 3.63) is 0 Å². The van der Waals surface area contributed by atoms with Gasteiger partial charge in [0.05, 0.1) is 19.3 Å². The van der Waals surface area contributed by atoms with Gasteiger partial charge in [-0.15, -0.1) is 0 Å². The first kappa shape index (κ1) is 6.99. The lowest BCUT2D eigenvalue weighted by Crippen LogP contribution is -2.00. The number of hydrogen-bond acceptors (Lipinski definition) is 3. The molecule has 1 unspecified atom stereocenters. The monoisotopic (exact) mass is 132 g/mol. The standard InChI is InChI=1S/C6H12O3/c1-7-5-8-3-2-6-4-9-6/h6H,2-5H2,1H3. The van der Waals surface area contributed by atoms with Gasteiger partial charge in [-0.1, -0.05) is 0 Å². The van der Waals surface area contributed by atoms with Crippen LogP contribution in [0.1, 0.15) is 6.42 Å². The van der Waals surface area contributed by atoms with Crippen LogP contribution in [0.5, 0.6) is 0 Å². The molecule has 0 N–H and O–H groups in total. The predicted octanol–water partition coefficient (Wildman–Crippen LogP) is 0.396. The van der Waals surface area contributed by atoms with Gasteiger partial charge in [-0.25, -0.2) is 0 Å². The second kappa shape index (κ2) is 3.82. The summed E-state index contributed by atoms with van der Waals surface area (Å²) in [7, 11) is 1.62. The fraction of sp³-hybridized carbons (Fsp3) is 1.00. The first-order valence-electron chi connectivity index (χ1n) is 3.12. The van der Waals surface area contributed by atoms with Crippen molar-refractivity contribution < 1.29 is 14.2 Å². The van der Waals surface area contributed by atoms with E-state index in [2.05, 4.69) is 4.74 Å². The molecule has 1 aliphatic heterocycles. The van der Waals surface area contributed by atoms with Crippen LogP contribution >= 0.6 is 0 Å². The molecule has 0 aromatic heterocycles. The Hall–Kier alpha value is -0.120. The van der Waals surface area contributed by atoms with Crippen molar-refractivity contribution in [3.63, 3.8) is 0 Å². The second-order valence-electron chi connectivity index (χ2n) is 2.06. The number of epoxide rings is 1. The average molecular weight is 132 g/mol. The van der Waals surface area contributed by atoms with Crippen LogP contribution in [-0.2, 0) is 14.2 Å². The Morgan fingerprint density at radius 1 is 1.67 bits per heavy atom. The molecule has 1 rings (SSSR count). The van der Waals surface area contributed by atoms with E-state index in [9.17, 15) is 0 Å². The van der Waals surface area contributed by atoms with Crippen molar-refractivity contribution in [2.75, 3.05) is 27.1 Å². The molecule has 0 aromatic rings. The molecule has 54 valence electrons. The normalized spacial score (nSPS) is 24.3. The molecule has 0 aliphatic carbocycles. The van der Waals surface area contributed by atoms with Gasteiger partial charge in [0.1, 0.15) is 6.79 Å². The molecule has 0 radical (unpaired) electrons. The Morgan fingerprint density at radius 3 is 3.00 bits per heavy atom. The SMILES string of the molecule is COCOCCC1CO1. The van der Waals surface area contributed by atoms with Gasteiger partial charge >= 0.3 is 0 Å². The van der Waals surface area contributed by atoms with E-state index in [-0.39, 0.29) is 0 Å². The van der Waals surface area contributed by atoms with E-state index < -0.39 is 0 Å². The van der Waals surface area contributed by atoms with Crippen LogP contribution < -0.4 is 0 Å². The molecule has 1 heterocycles. The van der Waals surface area contributed by atoms with Crippen LogP contribution in [-0.4, -0.2) is 33.2 Å². The first-order valence-corrected chi connectivity index (χ1v) is 3.12. The van der Waals surface area contributed by atoms with Gasteiger partial charge in [0.25, 0.3) is 0 Å². The maximum Gasteiger partial charge on any atom is 0.146 e. The number of ether oxygens (including phenoxy) is 3. The van der Waals surface area contributed by atoms with Gasteiger partial charge in [0.2, 0.25) is 0 Å². The second-order valence-corrected chi connectivity index (χ2v) is 2.06. The number of hydrogen-bond donors (Lipinski definition) is 0. The Bertz CT molecular complexity index is 70.7. The van der Waals surface area contributed by atoms with Crippen molar-refractivity contribution in [1.82, 2.24) is 0 Å². The molecule has 3 heteroatoms. The van der Waals surface area contributed by atoms with E-state index in [1.54, 1.807) is 7.11 Å². The highest BCUT2D eigenvalue weighted by atomic mass is 16.7. The maximum absolute atomic E-state index is 5.03. The van der Waals surface area contributed by atoms with Gasteiger partial charge in [-0.05, 0) is 6.42 Å².